The molecular weight excluding hydrogens is 354 g/mol. The Morgan fingerprint density at radius 3 is 2.38 bits per heavy atom. The molecule has 29 heavy (non-hydrogen) atoms. The first-order valence-corrected chi connectivity index (χ1v) is 10.3. The van der Waals surface area contributed by atoms with Gasteiger partial charge in [0.1, 0.15) is 0 Å². The average Bonchev–Trinajstić information content (AvgIpc) is 2.72. The van der Waals surface area contributed by atoms with Crippen LogP contribution in [0, 0.1) is 13.8 Å². The molecule has 0 saturated heterocycles. The van der Waals surface area contributed by atoms with Gasteiger partial charge in [-0.3, -0.25) is 4.98 Å². The van der Waals surface area contributed by atoms with E-state index in [-0.39, 0.29) is 6.04 Å². The third kappa shape index (κ3) is 6.58. The smallest absolute Gasteiger partial charge is 0.0545 e. The molecule has 0 unspecified atom stereocenters. The first kappa shape index (κ1) is 20.8. The van der Waals surface area contributed by atoms with E-state index < -0.39 is 0 Å². The maximum atomic E-state index is 4.55. The van der Waals surface area contributed by atoms with Crippen molar-refractivity contribution in [3.63, 3.8) is 0 Å². The van der Waals surface area contributed by atoms with Gasteiger partial charge in [-0.1, -0.05) is 54.6 Å². The predicted octanol–water partition coefficient (Wildman–Crippen LogP) is 6.11. The Bertz CT molecular complexity index is 927. The van der Waals surface area contributed by atoms with Crippen LogP contribution in [0.5, 0.6) is 0 Å². The van der Waals surface area contributed by atoms with Crippen LogP contribution in [-0.2, 0) is 13.0 Å². The summed E-state index contributed by atoms with van der Waals surface area (Å²) in [5.74, 6) is 0. The van der Waals surface area contributed by atoms with Crippen LogP contribution in [0.2, 0.25) is 0 Å². The molecule has 0 aliphatic rings. The number of nitrogens with one attached hydrogen (secondary N) is 2. The van der Waals surface area contributed by atoms with Gasteiger partial charge in [-0.05, 0) is 69.0 Å². The van der Waals surface area contributed by atoms with E-state index in [9.17, 15) is 0 Å². The summed E-state index contributed by atoms with van der Waals surface area (Å²) in [5.41, 5.74) is 8.13. The van der Waals surface area contributed by atoms with Crippen molar-refractivity contribution >= 4 is 5.69 Å². The molecular formula is C26H31N3. The van der Waals surface area contributed by atoms with Crippen molar-refractivity contribution in [1.29, 1.82) is 0 Å². The second-order valence-corrected chi connectivity index (χ2v) is 7.71. The third-order valence-electron chi connectivity index (χ3n) is 5.10. The summed E-state index contributed by atoms with van der Waals surface area (Å²) in [6.07, 6.45) is 1.92. The molecule has 0 aliphatic heterocycles. The number of anilines is 1. The quantitative estimate of drug-likeness (QED) is 0.467. The van der Waals surface area contributed by atoms with E-state index in [1.165, 1.54) is 16.7 Å². The molecule has 2 N–H and O–H groups in total. The van der Waals surface area contributed by atoms with Crippen molar-refractivity contribution in [2.24, 2.45) is 0 Å². The van der Waals surface area contributed by atoms with Gasteiger partial charge < -0.3 is 10.6 Å². The van der Waals surface area contributed by atoms with Crippen LogP contribution in [0.3, 0.4) is 0 Å². The van der Waals surface area contributed by atoms with E-state index in [1.807, 2.05) is 13.0 Å². The van der Waals surface area contributed by atoms with Crippen molar-refractivity contribution in [3.8, 4) is 0 Å². The molecule has 1 heterocycles. The third-order valence-corrected chi connectivity index (χ3v) is 5.10. The van der Waals surface area contributed by atoms with E-state index in [0.29, 0.717) is 0 Å². The zero-order valence-corrected chi connectivity index (χ0v) is 17.7. The average molecular weight is 386 g/mol. The van der Waals surface area contributed by atoms with Gasteiger partial charge in [0, 0.05) is 29.7 Å². The summed E-state index contributed by atoms with van der Waals surface area (Å²) in [4.78, 5) is 4.55. The van der Waals surface area contributed by atoms with Gasteiger partial charge in [-0.2, -0.15) is 0 Å². The number of pyridine rings is 1. The minimum Gasteiger partial charge on any atom is -0.359 e. The van der Waals surface area contributed by atoms with E-state index in [1.54, 1.807) is 0 Å². The number of nitrogens with zero attached hydrogens (tertiary/aromatic N) is 1. The minimum absolute atomic E-state index is 0.260. The fraction of sp³-hybridized carbons (Fsp3) is 0.269. The molecule has 0 aliphatic carbocycles. The maximum absolute atomic E-state index is 4.55. The van der Waals surface area contributed by atoms with Gasteiger partial charge in [-0.15, -0.1) is 0 Å². The van der Waals surface area contributed by atoms with Crippen molar-refractivity contribution < 1.29 is 0 Å². The topological polar surface area (TPSA) is 37.0 Å². The number of rotatable bonds is 9. The largest absolute Gasteiger partial charge is 0.359 e. The van der Waals surface area contributed by atoms with Crippen molar-refractivity contribution in [2.45, 2.75) is 46.2 Å². The Kier molecular flexibility index (Phi) is 7.20. The Hall–Kier alpha value is -2.91. The first-order chi connectivity index (χ1) is 14.0. The second-order valence-electron chi connectivity index (χ2n) is 7.71. The number of hydrogen-bond donors (Lipinski definition) is 2. The minimum atomic E-state index is 0.260. The fourth-order valence-corrected chi connectivity index (χ4v) is 3.25. The molecule has 0 radical (unpaired) electrons. The highest BCUT2D eigenvalue weighted by atomic mass is 14.9. The van der Waals surface area contributed by atoms with Gasteiger partial charge in [0.15, 0.2) is 0 Å². The van der Waals surface area contributed by atoms with Crippen LogP contribution in [-0.4, -0.2) is 4.98 Å². The fourth-order valence-electron chi connectivity index (χ4n) is 3.25. The van der Waals surface area contributed by atoms with Gasteiger partial charge >= 0.3 is 0 Å². The molecule has 0 amide bonds. The van der Waals surface area contributed by atoms with Crippen LogP contribution in [0.15, 0.2) is 79.0 Å². The summed E-state index contributed by atoms with van der Waals surface area (Å²) >= 11 is 0. The molecule has 1 aromatic heterocycles. The molecule has 3 nitrogen and oxygen atoms in total. The van der Waals surface area contributed by atoms with Gasteiger partial charge in [0.25, 0.3) is 0 Å². The molecule has 150 valence electrons. The van der Waals surface area contributed by atoms with Gasteiger partial charge in [0.05, 0.1) is 5.69 Å². The summed E-state index contributed by atoms with van der Waals surface area (Å²) in [6, 6.07) is 23.7. The highest BCUT2D eigenvalue weighted by Gasteiger charge is 2.06. The van der Waals surface area contributed by atoms with Crippen molar-refractivity contribution in [3.05, 3.63) is 107 Å². The summed E-state index contributed by atoms with van der Waals surface area (Å²) in [6.45, 7) is 11.3. The lowest BCUT2D eigenvalue weighted by molar-refractivity contribution is 0.567. The molecule has 0 fully saturated rings. The van der Waals surface area contributed by atoms with Gasteiger partial charge in [-0.25, -0.2) is 0 Å². The van der Waals surface area contributed by atoms with Crippen LogP contribution < -0.4 is 10.6 Å². The number of allylic oxidation sites excluding steroid dienone is 1. The molecule has 0 saturated carbocycles. The normalized spacial score (nSPS) is 11.8. The summed E-state index contributed by atoms with van der Waals surface area (Å²) < 4.78 is 0. The Balaban J connectivity index is 1.47. The number of aryl methyl sites for hydroxylation is 3. The SMILES string of the molecule is C=C(CCc1ccc(C)cc1)Nc1ccc([C@H](C)NCc2cccc(C)n2)cc1. The van der Waals surface area contributed by atoms with Crippen LogP contribution in [0.1, 0.15) is 47.5 Å². The van der Waals surface area contributed by atoms with E-state index in [2.05, 4.69) is 96.7 Å². The zero-order chi connectivity index (χ0) is 20.6. The molecule has 0 spiro atoms. The van der Waals surface area contributed by atoms with Crippen molar-refractivity contribution in [2.75, 3.05) is 5.32 Å². The molecule has 1 atom stereocenters. The monoisotopic (exact) mass is 385 g/mol. The number of benzene rings is 2. The molecule has 0 bridgehead atoms. The maximum Gasteiger partial charge on any atom is 0.0545 e. The number of hydrogen-bond acceptors (Lipinski definition) is 3. The predicted molar refractivity (Wildman–Crippen MR) is 123 cm³/mol. The lowest BCUT2D eigenvalue weighted by Gasteiger charge is -2.16. The highest BCUT2D eigenvalue weighted by Crippen LogP contribution is 2.19. The lowest BCUT2D eigenvalue weighted by atomic mass is 10.1. The molecule has 3 heteroatoms. The zero-order valence-electron chi connectivity index (χ0n) is 17.7. The van der Waals surface area contributed by atoms with Crippen LogP contribution in [0.4, 0.5) is 5.69 Å². The Labute approximate surface area is 174 Å². The Morgan fingerprint density at radius 1 is 0.966 bits per heavy atom. The summed E-state index contributed by atoms with van der Waals surface area (Å²) in [7, 11) is 0. The second kappa shape index (κ2) is 10.0. The van der Waals surface area contributed by atoms with E-state index in [4.69, 9.17) is 0 Å². The van der Waals surface area contributed by atoms with E-state index in [0.717, 1.165) is 42.2 Å². The highest BCUT2D eigenvalue weighted by molar-refractivity contribution is 5.49. The van der Waals surface area contributed by atoms with Gasteiger partial charge in [0.2, 0.25) is 0 Å². The standard InChI is InChI=1S/C26H31N3/c1-19-8-11-23(12-9-19)13-10-21(3)28-25-16-14-24(15-17-25)22(4)27-18-26-7-5-6-20(2)29-26/h5-9,11-12,14-17,22,27-28H,3,10,13,18H2,1-2,4H3/t22-/m0/s1. The van der Waals surface area contributed by atoms with Crippen LogP contribution >= 0.6 is 0 Å². The number of aromatic nitrogens is 1. The molecule has 2 aromatic carbocycles. The summed E-state index contributed by atoms with van der Waals surface area (Å²) in [5, 5.41) is 6.97. The Morgan fingerprint density at radius 2 is 1.69 bits per heavy atom. The molecule has 3 rings (SSSR count). The first-order valence-electron chi connectivity index (χ1n) is 10.3. The van der Waals surface area contributed by atoms with Crippen LogP contribution in [0.25, 0.3) is 0 Å². The molecule has 3 aromatic rings. The lowest BCUT2D eigenvalue weighted by Crippen LogP contribution is -2.18. The van der Waals surface area contributed by atoms with E-state index >= 15 is 0 Å². The van der Waals surface area contributed by atoms with Crippen molar-refractivity contribution in [1.82, 2.24) is 10.3 Å².